The predicted molar refractivity (Wildman–Crippen MR) is 81.3 cm³/mol. The van der Waals surface area contributed by atoms with Crippen molar-refractivity contribution >= 4 is 16.6 Å². The van der Waals surface area contributed by atoms with Gasteiger partial charge in [-0.1, -0.05) is 29.8 Å². The SMILES string of the molecule is Cc1ccc2nn(CCc3ccccc3[N+](=O)[O-])cc2c1. The summed E-state index contributed by atoms with van der Waals surface area (Å²) in [6, 6.07) is 13.0. The molecule has 3 aromatic rings. The number of nitrogens with zero attached hydrogens (tertiary/aromatic N) is 3. The van der Waals surface area contributed by atoms with Crippen LogP contribution in [0.25, 0.3) is 10.9 Å². The first kappa shape index (κ1) is 13.3. The molecule has 5 heteroatoms. The molecule has 0 fully saturated rings. The molecule has 0 amide bonds. The van der Waals surface area contributed by atoms with Crippen LogP contribution in [0.2, 0.25) is 0 Å². The largest absolute Gasteiger partial charge is 0.272 e. The number of aromatic nitrogens is 2. The number of para-hydroxylation sites is 1. The van der Waals surface area contributed by atoms with Crippen LogP contribution in [0, 0.1) is 17.0 Å². The van der Waals surface area contributed by atoms with E-state index in [2.05, 4.69) is 11.2 Å². The van der Waals surface area contributed by atoms with Crippen molar-refractivity contribution in [3.63, 3.8) is 0 Å². The lowest BCUT2D eigenvalue weighted by atomic mass is 10.1. The van der Waals surface area contributed by atoms with E-state index < -0.39 is 0 Å². The molecule has 0 atom stereocenters. The molecule has 0 aliphatic heterocycles. The third-order valence-corrected chi connectivity index (χ3v) is 3.51. The molecule has 1 heterocycles. The average molecular weight is 281 g/mol. The Morgan fingerprint density at radius 2 is 2.05 bits per heavy atom. The van der Waals surface area contributed by atoms with E-state index in [-0.39, 0.29) is 10.6 Å². The van der Waals surface area contributed by atoms with Crippen LogP contribution < -0.4 is 0 Å². The normalized spacial score (nSPS) is 10.9. The molecular weight excluding hydrogens is 266 g/mol. The summed E-state index contributed by atoms with van der Waals surface area (Å²) < 4.78 is 1.85. The van der Waals surface area contributed by atoms with Gasteiger partial charge in [-0.25, -0.2) is 0 Å². The first-order chi connectivity index (χ1) is 10.1. The second kappa shape index (κ2) is 5.36. The Kier molecular flexibility index (Phi) is 3.39. The van der Waals surface area contributed by atoms with Crippen LogP contribution >= 0.6 is 0 Å². The van der Waals surface area contributed by atoms with E-state index in [4.69, 9.17) is 0 Å². The zero-order valence-corrected chi connectivity index (χ0v) is 11.7. The molecule has 1 aromatic heterocycles. The number of rotatable bonds is 4. The molecule has 21 heavy (non-hydrogen) atoms. The first-order valence-electron chi connectivity index (χ1n) is 6.79. The Morgan fingerprint density at radius 3 is 2.86 bits per heavy atom. The van der Waals surface area contributed by atoms with Gasteiger partial charge >= 0.3 is 0 Å². The molecule has 0 radical (unpaired) electrons. The topological polar surface area (TPSA) is 61.0 Å². The number of benzene rings is 2. The van der Waals surface area contributed by atoms with E-state index >= 15 is 0 Å². The summed E-state index contributed by atoms with van der Waals surface area (Å²) in [4.78, 5) is 10.7. The maximum absolute atomic E-state index is 11.0. The number of hydrogen-bond donors (Lipinski definition) is 0. The van der Waals surface area contributed by atoms with E-state index in [1.807, 2.05) is 36.0 Å². The molecule has 0 N–H and O–H groups in total. The van der Waals surface area contributed by atoms with Gasteiger partial charge in [-0.2, -0.15) is 5.10 Å². The van der Waals surface area contributed by atoms with Gasteiger partial charge in [0.2, 0.25) is 0 Å². The molecule has 0 bridgehead atoms. The summed E-state index contributed by atoms with van der Waals surface area (Å²) in [7, 11) is 0. The van der Waals surface area contributed by atoms with Gasteiger partial charge in [-0.15, -0.1) is 0 Å². The van der Waals surface area contributed by atoms with Gasteiger partial charge in [0.25, 0.3) is 5.69 Å². The van der Waals surface area contributed by atoms with Crippen molar-refractivity contribution < 1.29 is 4.92 Å². The highest BCUT2D eigenvalue weighted by molar-refractivity contribution is 5.78. The maximum atomic E-state index is 11.0. The first-order valence-corrected chi connectivity index (χ1v) is 6.79. The van der Waals surface area contributed by atoms with Crippen molar-refractivity contribution in [3.8, 4) is 0 Å². The minimum Gasteiger partial charge on any atom is -0.271 e. The number of aryl methyl sites for hydroxylation is 3. The van der Waals surface area contributed by atoms with Crippen molar-refractivity contribution in [2.75, 3.05) is 0 Å². The Labute approximate surface area is 122 Å². The van der Waals surface area contributed by atoms with Gasteiger partial charge in [0.05, 0.1) is 10.4 Å². The Hall–Kier alpha value is -2.69. The molecule has 3 rings (SSSR count). The Bertz CT molecular complexity index is 808. The van der Waals surface area contributed by atoms with Gasteiger partial charge in [0.1, 0.15) is 0 Å². The van der Waals surface area contributed by atoms with Crippen molar-refractivity contribution in [2.45, 2.75) is 19.9 Å². The molecule has 0 unspecified atom stereocenters. The highest BCUT2D eigenvalue weighted by atomic mass is 16.6. The van der Waals surface area contributed by atoms with Crippen molar-refractivity contribution in [2.24, 2.45) is 0 Å². The van der Waals surface area contributed by atoms with E-state index in [9.17, 15) is 10.1 Å². The summed E-state index contributed by atoms with van der Waals surface area (Å²) in [6.45, 7) is 2.67. The van der Waals surface area contributed by atoms with Gasteiger partial charge in [0, 0.05) is 29.8 Å². The standard InChI is InChI=1S/C16H15N3O2/c1-12-6-7-15-14(10-12)11-18(17-15)9-8-13-4-2-3-5-16(13)19(20)21/h2-7,10-11H,8-9H2,1H3. The lowest BCUT2D eigenvalue weighted by Gasteiger charge is -2.03. The summed E-state index contributed by atoms with van der Waals surface area (Å²) in [5.74, 6) is 0. The summed E-state index contributed by atoms with van der Waals surface area (Å²) in [5.41, 5.74) is 3.05. The molecule has 2 aromatic carbocycles. The lowest BCUT2D eigenvalue weighted by Crippen LogP contribution is -2.03. The summed E-state index contributed by atoms with van der Waals surface area (Å²) in [5, 5.41) is 16.6. The van der Waals surface area contributed by atoms with Crippen LogP contribution in [0.1, 0.15) is 11.1 Å². The highest BCUT2D eigenvalue weighted by Crippen LogP contribution is 2.19. The minimum atomic E-state index is -0.335. The van der Waals surface area contributed by atoms with Crippen LogP contribution in [0.5, 0.6) is 0 Å². The zero-order valence-electron chi connectivity index (χ0n) is 11.7. The van der Waals surface area contributed by atoms with E-state index in [0.29, 0.717) is 13.0 Å². The summed E-state index contributed by atoms with van der Waals surface area (Å²) in [6.07, 6.45) is 2.57. The van der Waals surface area contributed by atoms with E-state index in [1.165, 1.54) is 11.6 Å². The zero-order chi connectivity index (χ0) is 14.8. The molecule has 0 aliphatic carbocycles. The number of hydrogen-bond acceptors (Lipinski definition) is 3. The third-order valence-electron chi connectivity index (χ3n) is 3.51. The lowest BCUT2D eigenvalue weighted by molar-refractivity contribution is -0.385. The van der Waals surface area contributed by atoms with Gasteiger partial charge in [0.15, 0.2) is 0 Å². The minimum absolute atomic E-state index is 0.171. The van der Waals surface area contributed by atoms with Crippen LogP contribution in [-0.4, -0.2) is 14.7 Å². The monoisotopic (exact) mass is 281 g/mol. The fourth-order valence-corrected chi connectivity index (χ4v) is 2.45. The van der Waals surface area contributed by atoms with Crippen molar-refractivity contribution in [1.82, 2.24) is 9.78 Å². The van der Waals surface area contributed by atoms with Crippen LogP contribution in [0.3, 0.4) is 0 Å². The third kappa shape index (κ3) is 2.76. The molecule has 0 aliphatic rings. The highest BCUT2D eigenvalue weighted by Gasteiger charge is 2.12. The van der Waals surface area contributed by atoms with Gasteiger partial charge in [-0.05, 0) is 25.5 Å². The molecule has 5 nitrogen and oxygen atoms in total. The average Bonchev–Trinajstić information content (AvgIpc) is 2.87. The van der Waals surface area contributed by atoms with Gasteiger partial charge < -0.3 is 0 Å². The van der Waals surface area contributed by atoms with Crippen molar-refractivity contribution in [3.05, 3.63) is 69.9 Å². The summed E-state index contributed by atoms with van der Waals surface area (Å²) >= 11 is 0. The quantitative estimate of drug-likeness (QED) is 0.543. The fourth-order valence-electron chi connectivity index (χ4n) is 2.45. The Morgan fingerprint density at radius 1 is 1.24 bits per heavy atom. The maximum Gasteiger partial charge on any atom is 0.272 e. The fraction of sp³-hybridized carbons (Fsp3) is 0.188. The smallest absolute Gasteiger partial charge is 0.271 e. The number of nitro benzene ring substituents is 1. The Balaban J connectivity index is 1.82. The van der Waals surface area contributed by atoms with Crippen LogP contribution in [0.15, 0.2) is 48.7 Å². The van der Waals surface area contributed by atoms with E-state index in [1.54, 1.807) is 12.1 Å². The number of nitro groups is 1. The molecular formula is C16H15N3O2. The van der Waals surface area contributed by atoms with E-state index in [0.717, 1.165) is 16.5 Å². The van der Waals surface area contributed by atoms with Crippen LogP contribution in [0.4, 0.5) is 5.69 Å². The molecule has 106 valence electrons. The molecule has 0 saturated carbocycles. The number of fused-ring (bicyclic) bond motifs is 1. The predicted octanol–water partition coefficient (Wildman–Crippen LogP) is 3.50. The molecule has 0 spiro atoms. The second-order valence-corrected chi connectivity index (χ2v) is 5.09. The van der Waals surface area contributed by atoms with Crippen LogP contribution in [-0.2, 0) is 13.0 Å². The van der Waals surface area contributed by atoms with Gasteiger partial charge in [-0.3, -0.25) is 14.8 Å². The molecule has 0 saturated heterocycles. The van der Waals surface area contributed by atoms with Crippen molar-refractivity contribution in [1.29, 1.82) is 0 Å². The second-order valence-electron chi connectivity index (χ2n) is 5.09.